The summed E-state index contributed by atoms with van der Waals surface area (Å²) in [4.78, 5) is 10.7. The second-order valence-electron chi connectivity index (χ2n) is 2.68. The highest BCUT2D eigenvalue weighted by atomic mass is 32.1. The van der Waals surface area contributed by atoms with Gasteiger partial charge in [-0.25, -0.2) is 0 Å². The molecule has 0 aromatic heterocycles. The molecule has 1 heterocycles. The Kier molecular flexibility index (Phi) is 2.56. The predicted octanol–water partition coefficient (Wildman–Crippen LogP) is 1.07. The van der Waals surface area contributed by atoms with Gasteiger partial charge in [-0.05, 0) is 0 Å². The van der Waals surface area contributed by atoms with Crippen molar-refractivity contribution in [2.45, 2.75) is 18.6 Å². The molecule has 0 spiro atoms. The van der Waals surface area contributed by atoms with Crippen LogP contribution in [0.3, 0.4) is 0 Å². The summed E-state index contributed by atoms with van der Waals surface area (Å²) in [6.07, 6.45) is -4.87. The third-order valence-corrected chi connectivity index (χ3v) is 2.03. The molecular weight excluding hydrogens is 205 g/mol. The van der Waals surface area contributed by atoms with Crippen molar-refractivity contribution in [3.63, 3.8) is 0 Å². The summed E-state index contributed by atoms with van der Waals surface area (Å²) < 4.78 is 36.2. The van der Waals surface area contributed by atoms with E-state index in [2.05, 4.69) is 17.7 Å². The molecule has 3 nitrogen and oxygen atoms in total. The average Bonchev–Trinajstić information content (AvgIpc) is 2.29. The quantitative estimate of drug-likeness (QED) is 0.659. The standard InChI is InChI=1S/C6H7F3N2OS/c1-11-3(5(12)13)2-4(10-11)6(7,8)9/h3H,2H2,1H3,(H,12,13). The molecule has 0 fully saturated rings. The summed E-state index contributed by atoms with van der Waals surface area (Å²) in [7, 11) is 1.32. The fourth-order valence-electron chi connectivity index (χ4n) is 1.04. The molecule has 0 aromatic rings. The number of nitrogens with zero attached hydrogens (tertiary/aromatic N) is 2. The first-order chi connectivity index (χ1) is 5.82. The molecule has 0 aliphatic carbocycles. The molecule has 0 amide bonds. The molecule has 74 valence electrons. The first-order valence-corrected chi connectivity index (χ1v) is 3.87. The Bertz CT molecular complexity index is 263. The normalized spacial score (nSPS) is 23.3. The van der Waals surface area contributed by atoms with Crippen molar-refractivity contribution in [3.05, 3.63) is 0 Å². The Hall–Kier alpha value is -0.720. The maximum Gasteiger partial charge on any atom is 0.431 e. The molecule has 0 bridgehead atoms. The molecule has 1 unspecified atom stereocenters. The van der Waals surface area contributed by atoms with E-state index in [1.807, 2.05) is 0 Å². The van der Waals surface area contributed by atoms with Crippen LogP contribution in [0, 0.1) is 0 Å². The smallest absolute Gasteiger partial charge is 0.288 e. The molecule has 1 atom stereocenters. The van der Waals surface area contributed by atoms with Crippen molar-refractivity contribution in [1.29, 1.82) is 0 Å². The molecule has 0 saturated carbocycles. The van der Waals surface area contributed by atoms with Gasteiger partial charge in [0.2, 0.25) is 5.12 Å². The van der Waals surface area contributed by atoms with Crippen molar-refractivity contribution in [2.75, 3.05) is 7.05 Å². The number of alkyl halides is 3. The van der Waals surface area contributed by atoms with Gasteiger partial charge in [-0.3, -0.25) is 9.80 Å². The largest absolute Gasteiger partial charge is 0.431 e. The van der Waals surface area contributed by atoms with Crippen LogP contribution >= 0.6 is 12.6 Å². The van der Waals surface area contributed by atoms with Gasteiger partial charge in [-0.15, -0.1) is 12.6 Å². The van der Waals surface area contributed by atoms with Crippen molar-refractivity contribution in [2.24, 2.45) is 5.10 Å². The highest BCUT2D eigenvalue weighted by Crippen LogP contribution is 2.27. The number of likely N-dealkylation sites (N-methyl/N-ethyl adjacent to an activating group) is 1. The SMILES string of the molecule is CN1N=C(C(F)(F)F)CC1C(=O)S. The average molecular weight is 212 g/mol. The maximum atomic E-state index is 12.1. The van der Waals surface area contributed by atoms with Gasteiger partial charge in [-0.2, -0.15) is 18.3 Å². The highest BCUT2D eigenvalue weighted by molar-refractivity contribution is 7.96. The van der Waals surface area contributed by atoms with E-state index in [1.54, 1.807) is 0 Å². The minimum absolute atomic E-state index is 0.414. The zero-order chi connectivity index (χ0) is 10.2. The topological polar surface area (TPSA) is 32.7 Å². The summed E-state index contributed by atoms with van der Waals surface area (Å²) in [6, 6.07) is -0.889. The third kappa shape index (κ3) is 2.15. The van der Waals surface area contributed by atoms with Gasteiger partial charge in [0, 0.05) is 13.5 Å². The Morgan fingerprint density at radius 3 is 2.46 bits per heavy atom. The van der Waals surface area contributed by atoms with E-state index >= 15 is 0 Å². The Morgan fingerprint density at radius 1 is 1.69 bits per heavy atom. The van der Waals surface area contributed by atoms with Gasteiger partial charge < -0.3 is 0 Å². The zero-order valence-corrected chi connectivity index (χ0v) is 7.56. The maximum absolute atomic E-state index is 12.1. The number of halogens is 3. The molecule has 13 heavy (non-hydrogen) atoms. The van der Waals surface area contributed by atoms with Crippen LogP contribution < -0.4 is 0 Å². The van der Waals surface area contributed by atoms with Crippen molar-refractivity contribution in [3.8, 4) is 0 Å². The summed E-state index contributed by atoms with van der Waals surface area (Å²) >= 11 is 3.47. The lowest BCUT2D eigenvalue weighted by Gasteiger charge is -2.13. The second kappa shape index (κ2) is 3.21. The van der Waals surface area contributed by atoms with Crippen LogP contribution in [0.15, 0.2) is 5.10 Å². The summed E-state index contributed by atoms with van der Waals surface area (Å²) in [5.74, 6) is 0. The number of rotatable bonds is 1. The van der Waals surface area contributed by atoms with Crippen LogP contribution in [0.25, 0.3) is 0 Å². The third-order valence-electron chi connectivity index (χ3n) is 1.73. The van der Waals surface area contributed by atoms with Crippen LogP contribution in [0.5, 0.6) is 0 Å². The van der Waals surface area contributed by atoms with Gasteiger partial charge in [0.1, 0.15) is 11.8 Å². The van der Waals surface area contributed by atoms with Crippen LogP contribution in [0.2, 0.25) is 0 Å². The predicted molar refractivity (Wildman–Crippen MR) is 43.7 cm³/mol. The van der Waals surface area contributed by atoms with E-state index in [0.717, 1.165) is 5.01 Å². The van der Waals surface area contributed by atoms with Crippen molar-refractivity contribution < 1.29 is 18.0 Å². The van der Waals surface area contributed by atoms with E-state index in [-0.39, 0.29) is 0 Å². The lowest BCUT2D eigenvalue weighted by Crippen LogP contribution is -2.29. The Labute approximate surface area is 78.0 Å². The van der Waals surface area contributed by atoms with Gasteiger partial charge >= 0.3 is 6.18 Å². The molecule has 0 saturated heterocycles. The number of hydrogen-bond donors (Lipinski definition) is 1. The van der Waals surface area contributed by atoms with Crippen molar-refractivity contribution >= 4 is 23.5 Å². The minimum atomic E-state index is -4.45. The molecule has 7 heteroatoms. The van der Waals surface area contributed by atoms with Gasteiger partial charge in [-0.1, -0.05) is 0 Å². The number of thiol groups is 1. The van der Waals surface area contributed by atoms with E-state index in [1.165, 1.54) is 7.05 Å². The molecule has 0 N–H and O–H groups in total. The molecular formula is C6H7F3N2OS. The molecule has 1 aliphatic heterocycles. The number of carbonyl (C=O) groups excluding carboxylic acids is 1. The molecule has 1 rings (SSSR count). The Morgan fingerprint density at radius 2 is 2.23 bits per heavy atom. The molecule has 1 aliphatic rings. The molecule has 0 aromatic carbocycles. The van der Waals surface area contributed by atoms with Gasteiger partial charge in [0.05, 0.1) is 0 Å². The fraction of sp³-hybridized carbons (Fsp3) is 0.667. The van der Waals surface area contributed by atoms with Crippen LogP contribution in [0.4, 0.5) is 13.2 Å². The monoisotopic (exact) mass is 212 g/mol. The van der Waals surface area contributed by atoms with Crippen LogP contribution in [-0.4, -0.2) is 35.1 Å². The summed E-state index contributed by atoms with van der Waals surface area (Å²) in [6.45, 7) is 0. The first kappa shape index (κ1) is 10.4. The molecule has 0 radical (unpaired) electrons. The van der Waals surface area contributed by atoms with Crippen LogP contribution in [0.1, 0.15) is 6.42 Å². The number of hydrazone groups is 1. The lowest BCUT2D eigenvalue weighted by atomic mass is 10.1. The van der Waals surface area contributed by atoms with E-state index in [0.29, 0.717) is 0 Å². The van der Waals surface area contributed by atoms with E-state index in [9.17, 15) is 18.0 Å². The number of carbonyl (C=O) groups is 1. The summed E-state index contributed by atoms with van der Waals surface area (Å²) in [5.41, 5.74) is -0.928. The lowest BCUT2D eigenvalue weighted by molar-refractivity contribution is -0.114. The fourth-order valence-corrected chi connectivity index (χ4v) is 1.29. The zero-order valence-electron chi connectivity index (χ0n) is 6.67. The van der Waals surface area contributed by atoms with E-state index in [4.69, 9.17) is 0 Å². The summed E-state index contributed by atoms with van der Waals surface area (Å²) in [5, 5.41) is 3.60. The first-order valence-electron chi connectivity index (χ1n) is 3.42. The van der Waals surface area contributed by atoms with Crippen LogP contribution in [-0.2, 0) is 4.79 Å². The Balaban J connectivity index is 2.77. The van der Waals surface area contributed by atoms with Gasteiger partial charge in [0.15, 0.2) is 0 Å². The van der Waals surface area contributed by atoms with E-state index < -0.39 is 29.5 Å². The number of hydrogen-bond acceptors (Lipinski definition) is 3. The highest BCUT2D eigenvalue weighted by Gasteiger charge is 2.43. The van der Waals surface area contributed by atoms with Gasteiger partial charge in [0.25, 0.3) is 0 Å². The van der Waals surface area contributed by atoms with Crippen molar-refractivity contribution in [1.82, 2.24) is 5.01 Å². The second-order valence-corrected chi connectivity index (χ2v) is 3.12. The minimum Gasteiger partial charge on any atom is -0.288 e.